The zero-order valence-corrected chi connectivity index (χ0v) is 15.3. The molecule has 138 valence electrons. The van der Waals surface area contributed by atoms with Crippen LogP contribution >= 0.6 is 0 Å². The highest BCUT2D eigenvalue weighted by Gasteiger charge is 2.15. The molecule has 28 heavy (non-hydrogen) atoms. The molecule has 0 radical (unpaired) electrons. The molecule has 5 heteroatoms. The van der Waals surface area contributed by atoms with Crippen molar-refractivity contribution in [3.8, 4) is 0 Å². The number of rotatable bonds is 3. The van der Waals surface area contributed by atoms with Crippen LogP contribution in [0, 0.1) is 0 Å². The number of nitrogens with zero attached hydrogens (tertiary/aromatic N) is 2. The van der Waals surface area contributed by atoms with E-state index in [4.69, 9.17) is 4.99 Å². The largest absolute Gasteiger partial charge is 0.284 e. The average Bonchev–Trinajstić information content (AvgIpc) is 2.93. The highest BCUT2D eigenvalue weighted by atomic mass is 16.2. The first-order valence-corrected chi connectivity index (χ1v) is 9.15. The molecule has 3 aromatic rings. The second kappa shape index (κ2) is 8.31. The van der Waals surface area contributed by atoms with Crippen LogP contribution in [0.25, 0.3) is 0 Å². The number of carbonyl (C=O) groups is 1. The van der Waals surface area contributed by atoms with Gasteiger partial charge in [-0.2, -0.15) is 0 Å². The van der Waals surface area contributed by atoms with Crippen molar-refractivity contribution in [1.29, 1.82) is 0 Å². The van der Waals surface area contributed by atoms with Gasteiger partial charge in [0, 0.05) is 11.1 Å². The molecule has 0 atom stereocenters. The number of benzene rings is 3. The van der Waals surface area contributed by atoms with E-state index in [1.807, 2.05) is 84.9 Å². The van der Waals surface area contributed by atoms with E-state index in [1.54, 1.807) is 0 Å². The van der Waals surface area contributed by atoms with Gasteiger partial charge in [0.25, 0.3) is 0 Å². The molecule has 0 spiro atoms. The fourth-order valence-corrected chi connectivity index (χ4v) is 3.07. The molecule has 5 nitrogen and oxygen atoms in total. The van der Waals surface area contributed by atoms with E-state index >= 15 is 0 Å². The molecule has 4 rings (SSSR count). The van der Waals surface area contributed by atoms with E-state index < -0.39 is 0 Å². The topological polar surface area (TPSA) is 65.8 Å². The minimum Gasteiger partial charge on any atom is -0.284 e. The van der Waals surface area contributed by atoms with Gasteiger partial charge < -0.3 is 0 Å². The van der Waals surface area contributed by atoms with Crippen LogP contribution in [0.2, 0.25) is 0 Å². The van der Waals surface area contributed by atoms with Crippen LogP contribution in [0.5, 0.6) is 0 Å². The van der Waals surface area contributed by atoms with E-state index in [1.165, 1.54) is 0 Å². The summed E-state index contributed by atoms with van der Waals surface area (Å²) in [7, 11) is 0. The van der Waals surface area contributed by atoms with Crippen molar-refractivity contribution in [1.82, 2.24) is 10.9 Å². The number of hydrazine groups is 1. The van der Waals surface area contributed by atoms with Crippen LogP contribution in [0.3, 0.4) is 0 Å². The van der Waals surface area contributed by atoms with Gasteiger partial charge >= 0.3 is 0 Å². The van der Waals surface area contributed by atoms with Crippen LogP contribution in [0.1, 0.15) is 16.7 Å². The normalized spacial score (nSPS) is 12.9. The van der Waals surface area contributed by atoms with Crippen LogP contribution < -0.4 is 10.9 Å². The van der Waals surface area contributed by atoms with E-state index in [9.17, 15) is 4.79 Å². The van der Waals surface area contributed by atoms with Crippen molar-refractivity contribution in [3.63, 3.8) is 0 Å². The molecule has 3 aromatic carbocycles. The predicted octanol–water partition coefficient (Wildman–Crippen LogP) is 3.43. The Morgan fingerprint density at radius 1 is 0.857 bits per heavy atom. The number of nitrogens with one attached hydrogen (secondary N) is 2. The van der Waals surface area contributed by atoms with Crippen molar-refractivity contribution in [3.05, 3.63) is 102 Å². The van der Waals surface area contributed by atoms with Gasteiger partial charge in [-0.1, -0.05) is 78.9 Å². The first-order chi connectivity index (χ1) is 13.8. The number of amidine groups is 1. The second-order valence-corrected chi connectivity index (χ2v) is 6.44. The molecular weight excluding hydrogens is 348 g/mol. The second-order valence-electron chi connectivity index (χ2n) is 6.44. The van der Waals surface area contributed by atoms with Gasteiger partial charge in [-0.15, -0.1) is 0 Å². The third kappa shape index (κ3) is 4.15. The fraction of sp³-hybridized carbons (Fsp3) is 0.0870. The zero-order chi connectivity index (χ0) is 19.2. The first-order valence-electron chi connectivity index (χ1n) is 9.15. The summed E-state index contributed by atoms with van der Waals surface area (Å²) in [6, 6.07) is 27.6. The summed E-state index contributed by atoms with van der Waals surface area (Å²) in [6.45, 7) is 0.352. The number of hydrogen-bond donors (Lipinski definition) is 2. The maximum Gasteiger partial charge on any atom is 0.242 e. The van der Waals surface area contributed by atoms with Gasteiger partial charge in [-0.05, 0) is 11.6 Å². The Balaban J connectivity index is 1.51. The molecule has 0 saturated heterocycles. The third-order valence-electron chi connectivity index (χ3n) is 4.40. The van der Waals surface area contributed by atoms with E-state index in [-0.39, 0.29) is 5.91 Å². The van der Waals surface area contributed by atoms with Gasteiger partial charge in [0.05, 0.1) is 24.4 Å². The molecule has 1 heterocycles. The Morgan fingerprint density at radius 3 is 2.32 bits per heavy atom. The summed E-state index contributed by atoms with van der Waals surface area (Å²) in [4.78, 5) is 21.6. The molecule has 1 aliphatic rings. The monoisotopic (exact) mass is 368 g/mol. The van der Waals surface area contributed by atoms with Crippen molar-refractivity contribution >= 4 is 23.1 Å². The average molecular weight is 368 g/mol. The minimum absolute atomic E-state index is 0.126. The van der Waals surface area contributed by atoms with E-state index in [0.717, 1.165) is 28.1 Å². The van der Waals surface area contributed by atoms with Gasteiger partial charge in [0.15, 0.2) is 0 Å². The maximum atomic E-state index is 12.2. The Hall–Kier alpha value is -3.73. The highest BCUT2D eigenvalue weighted by molar-refractivity contribution is 6.17. The van der Waals surface area contributed by atoms with Crippen molar-refractivity contribution in [2.45, 2.75) is 6.42 Å². The lowest BCUT2D eigenvalue weighted by Gasteiger charge is -2.09. The van der Waals surface area contributed by atoms with Crippen LogP contribution in [0.15, 0.2) is 94.9 Å². The lowest BCUT2D eigenvalue weighted by atomic mass is 10.0. The van der Waals surface area contributed by atoms with Crippen LogP contribution in [-0.2, 0) is 11.2 Å². The summed E-state index contributed by atoms with van der Waals surface area (Å²) in [5.74, 6) is 0.471. The number of hydrogen-bond acceptors (Lipinski definition) is 4. The number of carbonyl (C=O) groups excluding carboxylic acids is 1. The van der Waals surface area contributed by atoms with E-state index in [0.29, 0.717) is 18.8 Å². The highest BCUT2D eigenvalue weighted by Crippen LogP contribution is 2.24. The van der Waals surface area contributed by atoms with Crippen LogP contribution in [0.4, 0.5) is 5.69 Å². The summed E-state index contributed by atoms with van der Waals surface area (Å²) in [5.41, 5.74) is 10.4. The molecule has 0 unspecified atom stereocenters. The number of fused-ring (bicyclic) bond motifs is 1. The lowest BCUT2D eigenvalue weighted by molar-refractivity contribution is -0.121. The maximum absolute atomic E-state index is 12.2. The van der Waals surface area contributed by atoms with Gasteiger partial charge in [-0.3, -0.25) is 20.6 Å². The Morgan fingerprint density at radius 2 is 1.54 bits per heavy atom. The molecule has 0 bridgehead atoms. The van der Waals surface area contributed by atoms with Crippen molar-refractivity contribution < 1.29 is 4.79 Å². The Bertz CT molecular complexity index is 1030. The van der Waals surface area contributed by atoms with E-state index in [2.05, 4.69) is 15.8 Å². The fourth-order valence-electron chi connectivity index (χ4n) is 3.07. The molecule has 2 N–H and O–H groups in total. The molecule has 1 amide bonds. The molecule has 0 fully saturated rings. The molecule has 1 aliphatic heterocycles. The van der Waals surface area contributed by atoms with Crippen molar-refractivity contribution in [2.75, 3.05) is 6.54 Å². The molecule has 0 aliphatic carbocycles. The van der Waals surface area contributed by atoms with Crippen molar-refractivity contribution in [2.24, 2.45) is 9.98 Å². The summed E-state index contributed by atoms with van der Waals surface area (Å²) in [5, 5.41) is 0. The van der Waals surface area contributed by atoms with Gasteiger partial charge in [0.1, 0.15) is 5.84 Å². The Labute approximate surface area is 163 Å². The van der Waals surface area contributed by atoms with Gasteiger partial charge in [0.2, 0.25) is 5.91 Å². The molecule has 0 saturated carbocycles. The summed E-state index contributed by atoms with van der Waals surface area (Å²) in [6.07, 6.45) is 0.302. The van der Waals surface area contributed by atoms with Gasteiger partial charge in [-0.25, -0.2) is 4.99 Å². The number of aliphatic imine (C=N–C) groups is 2. The molecule has 0 aromatic heterocycles. The smallest absolute Gasteiger partial charge is 0.242 e. The standard InChI is InChI=1S/C23H20N4O/c28-22(15-17-9-3-1-4-10-17)27-26-21-16-24-23(18-11-5-2-6-12-18)19-13-7-8-14-20(19)25-21/h1-14H,15-16H2,(H,25,26)(H,27,28). The summed E-state index contributed by atoms with van der Waals surface area (Å²) < 4.78 is 0. The quantitative estimate of drug-likeness (QED) is 0.696. The van der Waals surface area contributed by atoms with Crippen LogP contribution in [-0.4, -0.2) is 24.0 Å². The third-order valence-corrected chi connectivity index (χ3v) is 4.40. The number of amides is 1. The summed E-state index contributed by atoms with van der Waals surface area (Å²) >= 11 is 0. The first kappa shape index (κ1) is 17.7. The SMILES string of the molecule is O=C(Cc1ccccc1)NNC1=Nc2ccccc2C(c2ccccc2)=NC1. The Kier molecular flexibility index (Phi) is 5.24. The number of para-hydroxylation sites is 1. The molecular formula is C23H20N4O. The lowest BCUT2D eigenvalue weighted by Crippen LogP contribution is -2.43. The minimum atomic E-state index is -0.126. The predicted molar refractivity (Wildman–Crippen MR) is 112 cm³/mol. The zero-order valence-electron chi connectivity index (χ0n) is 15.3.